The molecular formula is C15H13F3O4. The van der Waals surface area contributed by atoms with E-state index in [2.05, 4.69) is 4.74 Å². The maximum absolute atomic E-state index is 13.6. The quantitative estimate of drug-likeness (QED) is 0.802. The van der Waals surface area contributed by atoms with Crippen molar-refractivity contribution in [2.75, 3.05) is 7.11 Å². The fourth-order valence-electron chi connectivity index (χ4n) is 2.24. The molecule has 0 heterocycles. The minimum Gasteiger partial charge on any atom is -0.455 e. The highest BCUT2D eigenvalue weighted by atomic mass is 19.4. The minimum atomic E-state index is -5.02. The van der Waals surface area contributed by atoms with E-state index in [4.69, 9.17) is 4.74 Å². The molecule has 1 aromatic carbocycles. The van der Waals surface area contributed by atoms with Crippen LogP contribution in [0.15, 0.2) is 42.5 Å². The molecule has 0 amide bonds. The smallest absolute Gasteiger partial charge is 0.432 e. The average molecular weight is 314 g/mol. The lowest BCUT2D eigenvalue weighted by molar-refractivity contribution is -0.277. The summed E-state index contributed by atoms with van der Waals surface area (Å²) in [5.41, 5.74) is -3.61. The van der Waals surface area contributed by atoms with Gasteiger partial charge in [0.2, 0.25) is 0 Å². The second-order valence-electron chi connectivity index (χ2n) is 4.72. The molecule has 7 heteroatoms. The number of alkyl halides is 3. The van der Waals surface area contributed by atoms with Crippen molar-refractivity contribution >= 4 is 11.8 Å². The van der Waals surface area contributed by atoms with Gasteiger partial charge in [0.1, 0.15) is 6.10 Å². The lowest BCUT2D eigenvalue weighted by Crippen LogP contribution is -2.52. The van der Waals surface area contributed by atoms with Crippen molar-refractivity contribution < 1.29 is 32.2 Å². The third kappa shape index (κ3) is 2.76. The van der Waals surface area contributed by atoms with E-state index in [1.807, 2.05) is 0 Å². The second-order valence-corrected chi connectivity index (χ2v) is 4.72. The molecule has 0 aliphatic heterocycles. The van der Waals surface area contributed by atoms with Crippen molar-refractivity contribution in [3.05, 3.63) is 48.0 Å². The zero-order valence-corrected chi connectivity index (χ0v) is 11.6. The Labute approximate surface area is 124 Å². The normalized spacial score (nSPS) is 20.7. The van der Waals surface area contributed by atoms with E-state index in [9.17, 15) is 22.8 Å². The molecule has 0 aromatic heterocycles. The van der Waals surface area contributed by atoms with E-state index in [0.717, 1.165) is 19.2 Å². The topological polar surface area (TPSA) is 52.6 Å². The first-order chi connectivity index (χ1) is 10.3. The fourth-order valence-corrected chi connectivity index (χ4v) is 2.24. The summed E-state index contributed by atoms with van der Waals surface area (Å²) < 4.78 is 50.1. The van der Waals surface area contributed by atoms with Gasteiger partial charge in [0.25, 0.3) is 5.60 Å². The van der Waals surface area contributed by atoms with Crippen LogP contribution in [0, 0.1) is 0 Å². The molecule has 2 atom stereocenters. The maximum Gasteiger partial charge on any atom is 0.432 e. The lowest BCUT2D eigenvalue weighted by Gasteiger charge is -2.33. The molecule has 0 saturated heterocycles. The van der Waals surface area contributed by atoms with Crippen LogP contribution in [0.3, 0.4) is 0 Å². The number of carbonyl (C=O) groups excluding carboxylic acids is 2. The fraction of sp³-hybridized carbons (Fsp3) is 0.333. The summed E-state index contributed by atoms with van der Waals surface area (Å²) in [6.45, 7) is 0. The third-order valence-electron chi connectivity index (χ3n) is 3.33. The number of hydrogen-bond acceptors (Lipinski definition) is 4. The number of ketones is 1. The third-order valence-corrected chi connectivity index (χ3v) is 3.33. The summed E-state index contributed by atoms with van der Waals surface area (Å²) in [7, 11) is 0.789. The molecule has 0 saturated carbocycles. The Morgan fingerprint density at radius 1 is 1.23 bits per heavy atom. The first kappa shape index (κ1) is 16.2. The van der Waals surface area contributed by atoms with Crippen LogP contribution in [-0.2, 0) is 24.7 Å². The lowest BCUT2D eigenvalue weighted by atomic mass is 9.92. The van der Waals surface area contributed by atoms with Crippen LogP contribution in [0.25, 0.3) is 0 Å². The molecule has 0 fully saturated rings. The SMILES string of the molecule is COC(C(=O)O[C@H]1C=CC(=O)C1)(c1ccccc1)C(F)(F)F. The van der Waals surface area contributed by atoms with Crippen molar-refractivity contribution in [1.82, 2.24) is 0 Å². The molecule has 0 radical (unpaired) electrons. The number of methoxy groups -OCH3 is 1. The maximum atomic E-state index is 13.6. The molecule has 0 N–H and O–H groups in total. The van der Waals surface area contributed by atoms with Crippen molar-refractivity contribution in [2.45, 2.75) is 24.3 Å². The molecular weight excluding hydrogens is 301 g/mol. The van der Waals surface area contributed by atoms with E-state index in [1.165, 1.54) is 30.4 Å². The van der Waals surface area contributed by atoms with Gasteiger partial charge in [-0.15, -0.1) is 0 Å². The van der Waals surface area contributed by atoms with E-state index in [-0.39, 0.29) is 17.8 Å². The Kier molecular flexibility index (Phi) is 4.37. The highest BCUT2D eigenvalue weighted by molar-refractivity contribution is 5.93. The molecule has 1 unspecified atom stereocenters. The van der Waals surface area contributed by atoms with Gasteiger partial charge in [-0.25, -0.2) is 4.79 Å². The zero-order chi connectivity index (χ0) is 16.4. The summed E-state index contributed by atoms with van der Waals surface area (Å²) in [5.74, 6) is -1.91. The van der Waals surface area contributed by atoms with Crippen LogP contribution >= 0.6 is 0 Å². The summed E-state index contributed by atoms with van der Waals surface area (Å²) >= 11 is 0. The van der Waals surface area contributed by atoms with Crippen LogP contribution in [0.1, 0.15) is 12.0 Å². The molecule has 0 spiro atoms. The summed E-state index contributed by atoms with van der Waals surface area (Å²) in [6.07, 6.45) is -3.78. The van der Waals surface area contributed by atoms with Gasteiger partial charge in [-0.2, -0.15) is 13.2 Å². The Hall–Kier alpha value is -2.15. The second kappa shape index (κ2) is 5.92. The molecule has 1 aliphatic rings. The standard InChI is InChI=1S/C15H13F3O4/c1-21-14(15(16,17)18,10-5-3-2-4-6-10)13(20)22-12-8-7-11(19)9-12/h2-8,12H,9H2,1H3/t12-,14?/m0/s1. The van der Waals surface area contributed by atoms with E-state index in [0.29, 0.717) is 0 Å². The highest BCUT2D eigenvalue weighted by Gasteiger charge is 2.64. The van der Waals surface area contributed by atoms with Crippen molar-refractivity contribution in [3.63, 3.8) is 0 Å². The largest absolute Gasteiger partial charge is 0.455 e. The van der Waals surface area contributed by atoms with E-state index < -0.39 is 23.9 Å². The Morgan fingerprint density at radius 3 is 2.32 bits per heavy atom. The van der Waals surface area contributed by atoms with Gasteiger partial charge in [0.05, 0.1) is 6.42 Å². The molecule has 22 heavy (non-hydrogen) atoms. The van der Waals surface area contributed by atoms with Crippen LogP contribution in [-0.4, -0.2) is 31.1 Å². The Morgan fingerprint density at radius 2 is 1.86 bits per heavy atom. The first-order valence-corrected chi connectivity index (χ1v) is 6.41. The highest BCUT2D eigenvalue weighted by Crippen LogP contribution is 2.43. The number of esters is 1. The molecule has 118 valence electrons. The number of carbonyl (C=O) groups is 2. The predicted octanol–water partition coefficient (Wildman–Crippen LogP) is 2.53. The van der Waals surface area contributed by atoms with Crippen molar-refractivity contribution in [1.29, 1.82) is 0 Å². The number of hydrogen-bond donors (Lipinski definition) is 0. The summed E-state index contributed by atoms with van der Waals surface area (Å²) in [5, 5.41) is 0. The van der Waals surface area contributed by atoms with Gasteiger partial charge in [0, 0.05) is 12.7 Å². The van der Waals surface area contributed by atoms with Crippen molar-refractivity contribution in [3.8, 4) is 0 Å². The number of ether oxygens (including phenoxy) is 2. The van der Waals surface area contributed by atoms with Gasteiger partial charge in [0.15, 0.2) is 5.78 Å². The van der Waals surface area contributed by atoms with Crippen LogP contribution in [0.4, 0.5) is 13.2 Å². The van der Waals surface area contributed by atoms with Gasteiger partial charge in [-0.3, -0.25) is 4.79 Å². The van der Waals surface area contributed by atoms with E-state index >= 15 is 0 Å². The first-order valence-electron chi connectivity index (χ1n) is 6.41. The predicted molar refractivity (Wildman–Crippen MR) is 69.8 cm³/mol. The van der Waals surface area contributed by atoms with Crippen LogP contribution in [0.2, 0.25) is 0 Å². The number of allylic oxidation sites excluding steroid dienone is 1. The average Bonchev–Trinajstić information content (AvgIpc) is 2.85. The van der Waals surface area contributed by atoms with Crippen LogP contribution in [0.5, 0.6) is 0 Å². The monoisotopic (exact) mass is 314 g/mol. The van der Waals surface area contributed by atoms with Gasteiger partial charge in [-0.05, 0) is 12.2 Å². The summed E-state index contributed by atoms with van der Waals surface area (Å²) in [6, 6.07) is 6.51. The van der Waals surface area contributed by atoms with Crippen molar-refractivity contribution in [2.24, 2.45) is 0 Å². The Bertz CT molecular complexity index is 595. The number of rotatable bonds is 4. The molecule has 4 nitrogen and oxygen atoms in total. The van der Waals surface area contributed by atoms with Gasteiger partial charge >= 0.3 is 12.1 Å². The number of halogens is 3. The van der Waals surface area contributed by atoms with Crippen LogP contribution < -0.4 is 0 Å². The molecule has 1 aliphatic carbocycles. The Balaban J connectivity index is 2.38. The molecule has 0 bridgehead atoms. The minimum absolute atomic E-state index is 0.168. The summed E-state index contributed by atoms with van der Waals surface area (Å²) in [4.78, 5) is 23.3. The zero-order valence-electron chi connectivity index (χ0n) is 11.6. The van der Waals surface area contributed by atoms with Gasteiger partial charge in [-0.1, -0.05) is 30.3 Å². The molecule has 1 aromatic rings. The van der Waals surface area contributed by atoms with Gasteiger partial charge < -0.3 is 9.47 Å². The van der Waals surface area contributed by atoms with E-state index in [1.54, 1.807) is 0 Å². The number of benzene rings is 1. The molecule has 2 rings (SSSR count).